The summed E-state index contributed by atoms with van der Waals surface area (Å²) in [6.45, 7) is 4.54. The van der Waals surface area contributed by atoms with Gasteiger partial charge in [0.1, 0.15) is 0 Å². The summed E-state index contributed by atoms with van der Waals surface area (Å²) >= 11 is 4.28. The first-order valence-electron chi connectivity index (χ1n) is 5.30. The van der Waals surface area contributed by atoms with Crippen molar-refractivity contribution in [3.63, 3.8) is 0 Å². The first-order valence-corrected chi connectivity index (χ1v) is 7.40. The topological polar surface area (TPSA) is 0 Å². The highest BCUT2D eigenvalue weighted by atomic mass is 32.2. The predicted octanol–water partition coefficient (Wildman–Crippen LogP) is 4.32. The van der Waals surface area contributed by atoms with Crippen molar-refractivity contribution in [3.05, 3.63) is 11.6 Å². The van der Waals surface area contributed by atoms with Crippen molar-refractivity contribution >= 4 is 23.5 Å². The molecule has 0 aromatic carbocycles. The van der Waals surface area contributed by atoms with Crippen LogP contribution in [0.2, 0.25) is 0 Å². The van der Waals surface area contributed by atoms with Crippen LogP contribution in [0.1, 0.15) is 39.5 Å². The largest absolute Gasteiger partial charge is 0.143 e. The van der Waals surface area contributed by atoms with Crippen molar-refractivity contribution in [2.24, 2.45) is 0 Å². The van der Waals surface area contributed by atoms with E-state index in [0.29, 0.717) is 0 Å². The third kappa shape index (κ3) is 3.99. The van der Waals surface area contributed by atoms with Crippen LogP contribution in [0.3, 0.4) is 0 Å². The van der Waals surface area contributed by atoms with Gasteiger partial charge in [0.25, 0.3) is 0 Å². The standard InChI is InChI=1S/C11H20S2/c1-3-5-7-10(4-2)11-12-8-6-9-13-11/h7,11H,3-6,8-9H2,1-2H3/b10-7+. The van der Waals surface area contributed by atoms with E-state index in [1.54, 1.807) is 5.57 Å². The zero-order chi connectivity index (χ0) is 9.52. The molecule has 2 heteroatoms. The van der Waals surface area contributed by atoms with Gasteiger partial charge in [-0.3, -0.25) is 0 Å². The van der Waals surface area contributed by atoms with Crippen LogP contribution in [0.5, 0.6) is 0 Å². The molecular weight excluding hydrogens is 196 g/mol. The molecule has 1 aliphatic heterocycles. The Kier molecular flexibility index (Phi) is 6.05. The van der Waals surface area contributed by atoms with E-state index in [1.807, 2.05) is 0 Å². The first kappa shape index (κ1) is 11.5. The zero-order valence-electron chi connectivity index (χ0n) is 8.71. The van der Waals surface area contributed by atoms with E-state index in [0.717, 1.165) is 4.58 Å². The van der Waals surface area contributed by atoms with E-state index in [2.05, 4.69) is 43.4 Å². The van der Waals surface area contributed by atoms with Gasteiger partial charge in [0, 0.05) is 0 Å². The number of unbranched alkanes of at least 4 members (excludes halogenated alkanes) is 1. The Morgan fingerprint density at radius 3 is 2.54 bits per heavy atom. The molecule has 0 aromatic heterocycles. The predicted molar refractivity (Wildman–Crippen MR) is 66.6 cm³/mol. The van der Waals surface area contributed by atoms with Gasteiger partial charge in [-0.1, -0.05) is 31.9 Å². The lowest BCUT2D eigenvalue weighted by atomic mass is 10.2. The molecule has 0 unspecified atom stereocenters. The lowest BCUT2D eigenvalue weighted by molar-refractivity contribution is 0.929. The maximum atomic E-state index is 2.47. The van der Waals surface area contributed by atoms with Crippen molar-refractivity contribution < 1.29 is 0 Å². The van der Waals surface area contributed by atoms with Crippen LogP contribution in [0.4, 0.5) is 0 Å². The Hall–Kier alpha value is 0.440. The molecule has 1 fully saturated rings. The number of hydrogen-bond donors (Lipinski definition) is 0. The highest BCUT2D eigenvalue weighted by Crippen LogP contribution is 2.36. The summed E-state index contributed by atoms with van der Waals surface area (Å²) < 4.78 is 0.783. The quantitative estimate of drug-likeness (QED) is 0.642. The molecule has 0 aromatic rings. The minimum atomic E-state index is 0.783. The summed E-state index contributed by atoms with van der Waals surface area (Å²) in [7, 11) is 0. The number of thioether (sulfide) groups is 2. The van der Waals surface area contributed by atoms with Gasteiger partial charge in [-0.05, 0) is 30.8 Å². The fraction of sp³-hybridized carbons (Fsp3) is 0.818. The van der Waals surface area contributed by atoms with Crippen molar-refractivity contribution in [1.29, 1.82) is 0 Å². The second-order valence-corrected chi connectivity index (χ2v) is 6.07. The van der Waals surface area contributed by atoms with Crippen molar-refractivity contribution in [2.75, 3.05) is 11.5 Å². The normalized spacial score (nSPS) is 20.6. The molecule has 0 atom stereocenters. The zero-order valence-corrected chi connectivity index (χ0v) is 10.3. The van der Waals surface area contributed by atoms with Crippen LogP contribution in [0.15, 0.2) is 11.6 Å². The molecule has 0 radical (unpaired) electrons. The third-order valence-corrected chi connectivity index (χ3v) is 5.31. The Bertz CT molecular complexity index is 157. The average molecular weight is 216 g/mol. The van der Waals surface area contributed by atoms with E-state index in [-0.39, 0.29) is 0 Å². The molecule has 0 N–H and O–H groups in total. The minimum Gasteiger partial charge on any atom is -0.143 e. The maximum absolute atomic E-state index is 2.47. The van der Waals surface area contributed by atoms with Crippen molar-refractivity contribution in [3.8, 4) is 0 Å². The number of allylic oxidation sites excluding steroid dienone is 1. The van der Waals surface area contributed by atoms with E-state index < -0.39 is 0 Å². The monoisotopic (exact) mass is 216 g/mol. The maximum Gasteiger partial charge on any atom is 0.0711 e. The Labute approximate surface area is 90.9 Å². The van der Waals surface area contributed by atoms with Crippen molar-refractivity contribution in [1.82, 2.24) is 0 Å². The van der Waals surface area contributed by atoms with E-state index >= 15 is 0 Å². The molecule has 1 saturated heterocycles. The second-order valence-electron chi connectivity index (χ2n) is 3.35. The fourth-order valence-corrected chi connectivity index (χ4v) is 4.59. The molecule has 1 aliphatic rings. The highest BCUT2D eigenvalue weighted by Gasteiger charge is 2.16. The highest BCUT2D eigenvalue weighted by molar-refractivity contribution is 8.17. The van der Waals surface area contributed by atoms with E-state index in [1.165, 1.54) is 37.2 Å². The SMILES string of the molecule is CCC/C=C(\CC)C1SCCCS1. The molecular formula is C11H20S2. The summed E-state index contributed by atoms with van der Waals surface area (Å²) in [6.07, 6.45) is 7.66. The van der Waals surface area contributed by atoms with Gasteiger partial charge in [-0.25, -0.2) is 0 Å². The molecule has 0 spiro atoms. The Balaban J connectivity index is 2.43. The van der Waals surface area contributed by atoms with Crippen LogP contribution >= 0.6 is 23.5 Å². The van der Waals surface area contributed by atoms with Crippen LogP contribution in [-0.4, -0.2) is 16.1 Å². The molecule has 0 bridgehead atoms. The lowest BCUT2D eigenvalue weighted by Gasteiger charge is -2.23. The fourth-order valence-electron chi connectivity index (χ4n) is 1.44. The molecule has 13 heavy (non-hydrogen) atoms. The summed E-state index contributed by atoms with van der Waals surface area (Å²) in [4.78, 5) is 0. The molecule has 0 saturated carbocycles. The molecule has 0 aliphatic carbocycles. The summed E-state index contributed by atoms with van der Waals surface area (Å²) in [6, 6.07) is 0. The average Bonchev–Trinajstić information content (AvgIpc) is 2.21. The first-order chi connectivity index (χ1) is 6.38. The van der Waals surface area contributed by atoms with Gasteiger partial charge in [-0.15, -0.1) is 23.5 Å². The minimum absolute atomic E-state index is 0.783. The van der Waals surface area contributed by atoms with Gasteiger partial charge in [0.15, 0.2) is 0 Å². The van der Waals surface area contributed by atoms with Crippen LogP contribution in [-0.2, 0) is 0 Å². The molecule has 0 nitrogen and oxygen atoms in total. The van der Waals surface area contributed by atoms with E-state index in [4.69, 9.17) is 0 Å². The van der Waals surface area contributed by atoms with Gasteiger partial charge < -0.3 is 0 Å². The van der Waals surface area contributed by atoms with Crippen LogP contribution < -0.4 is 0 Å². The van der Waals surface area contributed by atoms with Gasteiger partial charge >= 0.3 is 0 Å². The summed E-state index contributed by atoms with van der Waals surface area (Å²) in [5, 5.41) is 0. The van der Waals surface area contributed by atoms with Crippen LogP contribution in [0.25, 0.3) is 0 Å². The molecule has 1 heterocycles. The summed E-state index contributed by atoms with van der Waals surface area (Å²) in [5.41, 5.74) is 1.68. The molecule has 0 amide bonds. The Morgan fingerprint density at radius 2 is 2.00 bits per heavy atom. The molecule has 76 valence electrons. The van der Waals surface area contributed by atoms with Gasteiger partial charge in [-0.2, -0.15) is 0 Å². The number of hydrogen-bond acceptors (Lipinski definition) is 2. The smallest absolute Gasteiger partial charge is 0.0711 e. The van der Waals surface area contributed by atoms with Crippen LogP contribution in [0, 0.1) is 0 Å². The third-order valence-electron chi connectivity index (χ3n) is 2.23. The molecule has 1 rings (SSSR count). The van der Waals surface area contributed by atoms with Crippen molar-refractivity contribution in [2.45, 2.75) is 44.1 Å². The second kappa shape index (κ2) is 6.83. The summed E-state index contributed by atoms with van der Waals surface area (Å²) in [5.74, 6) is 2.72. The number of rotatable bonds is 4. The van der Waals surface area contributed by atoms with Gasteiger partial charge in [0.2, 0.25) is 0 Å². The van der Waals surface area contributed by atoms with E-state index in [9.17, 15) is 0 Å². The van der Waals surface area contributed by atoms with Gasteiger partial charge in [0.05, 0.1) is 4.58 Å². The Morgan fingerprint density at radius 1 is 1.31 bits per heavy atom. The lowest BCUT2D eigenvalue weighted by Crippen LogP contribution is -2.09.